The number of ether oxygens (including phenoxy) is 1. The Balaban J connectivity index is 1.50. The predicted molar refractivity (Wildman–Crippen MR) is 106 cm³/mol. The van der Waals surface area contributed by atoms with E-state index in [2.05, 4.69) is 9.84 Å². The first-order valence-electron chi connectivity index (χ1n) is 9.48. The molecule has 4 aromatic rings. The van der Waals surface area contributed by atoms with Crippen LogP contribution in [0.15, 0.2) is 71.7 Å². The van der Waals surface area contributed by atoms with Crippen LogP contribution in [0.1, 0.15) is 12.0 Å². The number of hydrogen-bond donors (Lipinski definition) is 0. The van der Waals surface area contributed by atoms with E-state index < -0.39 is 6.36 Å². The third-order valence-corrected chi connectivity index (χ3v) is 4.75. The first-order valence-corrected chi connectivity index (χ1v) is 9.48. The number of hydrogen-bond acceptors (Lipinski definition) is 3. The minimum Gasteiger partial charge on any atom is -0.406 e. The number of benzene rings is 2. The summed E-state index contributed by atoms with van der Waals surface area (Å²) in [5.41, 5.74) is 2.41. The summed E-state index contributed by atoms with van der Waals surface area (Å²) in [6.45, 7) is 0.400. The Hall–Kier alpha value is -3.62. The largest absolute Gasteiger partial charge is 0.573 e. The molecule has 2 aromatic carbocycles. The highest BCUT2D eigenvalue weighted by atomic mass is 19.4. The average Bonchev–Trinajstić information content (AvgIpc) is 3.04. The summed E-state index contributed by atoms with van der Waals surface area (Å²) in [6, 6.07) is 15.0. The Morgan fingerprint density at radius 2 is 1.58 bits per heavy atom. The van der Waals surface area contributed by atoms with Gasteiger partial charge in [0.25, 0.3) is 0 Å². The molecule has 2 aromatic heterocycles. The molecule has 0 aliphatic carbocycles. The number of alkyl halides is 3. The Morgan fingerprint density at radius 3 is 2.26 bits per heavy atom. The molecular formula is C22H17F4N3O2. The Morgan fingerprint density at radius 1 is 0.903 bits per heavy atom. The molecule has 0 N–H and O–H groups in total. The number of rotatable bonds is 6. The lowest BCUT2D eigenvalue weighted by atomic mass is 10.1. The first-order chi connectivity index (χ1) is 14.8. The lowest BCUT2D eigenvalue weighted by Crippen LogP contribution is -2.21. The van der Waals surface area contributed by atoms with Crippen LogP contribution in [-0.4, -0.2) is 20.5 Å². The smallest absolute Gasteiger partial charge is 0.406 e. The van der Waals surface area contributed by atoms with Crippen molar-refractivity contribution in [3.8, 4) is 16.9 Å². The molecule has 9 heteroatoms. The van der Waals surface area contributed by atoms with E-state index in [0.717, 1.165) is 5.56 Å². The van der Waals surface area contributed by atoms with Gasteiger partial charge in [-0.1, -0.05) is 24.3 Å². The molecule has 160 valence electrons. The SMILES string of the molecule is O=c1n(CCCc2ccc(F)cc2)nc2ccc(-c3ccc(OC(F)(F)F)cc3)cn12. The maximum Gasteiger partial charge on any atom is 0.573 e. The summed E-state index contributed by atoms with van der Waals surface area (Å²) < 4.78 is 56.5. The van der Waals surface area contributed by atoms with Crippen LogP contribution in [-0.2, 0) is 13.0 Å². The van der Waals surface area contributed by atoms with Crippen molar-refractivity contribution < 1.29 is 22.3 Å². The summed E-state index contributed by atoms with van der Waals surface area (Å²) in [4.78, 5) is 12.7. The molecule has 5 nitrogen and oxygen atoms in total. The molecule has 0 fully saturated rings. The van der Waals surface area contributed by atoms with Crippen LogP contribution >= 0.6 is 0 Å². The van der Waals surface area contributed by atoms with E-state index in [1.807, 2.05) is 0 Å². The zero-order valence-corrected chi connectivity index (χ0v) is 16.1. The normalized spacial score (nSPS) is 11.7. The second-order valence-corrected chi connectivity index (χ2v) is 6.95. The van der Waals surface area contributed by atoms with Gasteiger partial charge < -0.3 is 4.74 Å². The summed E-state index contributed by atoms with van der Waals surface area (Å²) in [7, 11) is 0. The Labute approximate surface area is 174 Å². The van der Waals surface area contributed by atoms with E-state index in [1.54, 1.807) is 30.5 Å². The van der Waals surface area contributed by atoms with Crippen LogP contribution in [0.25, 0.3) is 16.8 Å². The number of aromatic nitrogens is 3. The highest BCUT2D eigenvalue weighted by Gasteiger charge is 2.30. The monoisotopic (exact) mass is 431 g/mol. The van der Waals surface area contributed by atoms with Crippen molar-refractivity contribution in [1.82, 2.24) is 14.2 Å². The van der Waals surface area contributed by atoms with Crippen molar-refractivity contribution in [1.29, 1.82) is 0 Å². The van der Waals surface area contributed by atoms with E-state index in [4.69, 9.17) is 0 Å². The number of halogens is 4. The first kappa shape index (κ1) is 20.6. The average molecular weight is 431 g/mol. The van der Waals surface area contributed by atoms with Crippen LogP contribution in [0.5, 0.6) is 5.75 Å². The summed E-state index contributed by atoms with van der Waals surface area (Å²) in [6.07, 6.45) is -1.82. The third-order valence-electron chi connectivity index (χ3n) is 4.75. The molecule has 0 atom stereocenters. The van der Waals surface area contributed by atoms with Gasteiger partial charge in [-0.3, -0.25) is 0 Å². The van der Waals surface area contributed by atoms with Gasteiger partial charge >= 0.3 is 12.1 Å². The van der Waals surface area contributed by atoms with E-state index in [9.17, 15) is 22.4 Å². The molecule has 2 heterocycles. The summed E-state index contributed by atoms with van der Waals surface area (Å²) in [5.74, 6) is -0.609. The number of nitrogens with zero attached hydrogens (tertiary/aromatic N) is 3. The van der Waals surface area contributed by atoms with Crippen LogP contribution in [0.2, 0.25) is 0 Å². The molecule has 0 saturated heterocycles. The fraction of sp³-hybridized carbons (Fsp3) is 0.182. The van der Waals surface area contributed by atoms with Gasteiger partial charge in [0.1, 0.15) is 11.6 Å². The van der Waals surface area contributed by atoms with Crippen molar-refractivity contribution >= 4 is 5.65 Å². The van der Waals surface area contributed by atoms with E-state index in [1.165, 1.54) is 45.5 Å². The van der Waals surface area contributed by atoms with Crippen LogP contribution in [0, 0.1) is 5.82 Å². The number of aryl methyl sites for hydroxylation is 2. The van der Waals surface area contributed by atoms with Gasteiger partial charge in [0.15, 0.2) is 5.65 Å². The van der Waals surface area contributed by atoms with Gasteiger partial charge in [0.2, 0.25) is 0 Å². The molecule has 0 spiro atoms. The second-order valence-electron chi connectivity index (χ2n) is 6.95. The van der Waals surface area contributed by atoms with Gasteiger partial charge in [-0.25, -0.2) is 18.3 Å². The fourth-order valence-corrected chi connectivity index (χ4v) is 3.27. The van der Waals surface area contributed by atoms with Gasteiger partial charge in [-0.2, -0.15) is 0 Å². The van der Waals surface area contributed by atoms with Gasteiger partial charge in [-0.05, 0) is 65.9 Å². The predicted octanol–water partition coefficient (Wildman–Crippen LogP) is 4.83. The van der Waals surface area contributed by atoms with E-state index in [0.29, 0.717) is 36.2 Å². The Bertz CT molecular complexity index is 1240. The van der Waals surface area contributed by atoms with Gasteiger partial charge in [0.05, 0.1) is 0 Å². The van der Waals surface area contributed by atoms with Crippen LogP contribution < -0.4 is 10.4 Å². The third kappa shape index (κ3) is 4.93. The standard InChI is InChI=1S/C22H17F4N3O2/c23-18-8-3-15(4-9-18)2-1-13-29-21(30)28-14-17(7-12-20(28)27-29)16-5-10-19(11-6-16)31-22(24,25)26/h3-12,14H,1-2,13H2. The van der Waals surface area contributed by atoms with Crippen LogP contribution in [0.4, 0.5) is 17.6 Å². The molecule has 31 heavy (non-hydrogen) atoms. The van der Waals surface area contributed by atoms with Crippen molar-refractivity contribution in [2.24, 2.45) is 0 Å². The summed E-state index contributed by atoms with van der Waals surface area (Å²) in [5, 5.41) is 4.31. The van der Waals surface area contributed by atoms with Crippen molar-refractivity contribution in [3.63, 3.8) is 0 Å². The van der Waals surface area contributed by atoms with Crippen molar-refractivity contribution in [3.05, 3.63) is 88.7 Å². The lowest BCUT2D eigenvalue weighted by Gasteiger charge is -2.09. The summed E-state index contributed by atoms with van der Waals surface area (Å²) >= 11 is 0. The highest BCUT2D eigenvalue weighted by molar-refractivity contribution is 5.65. The maximum absolute atomic E-state index is 13.0. The van der Waals surface area contributed by atoms with Crippen molar-refractivity contribution in [2.45, 2.75) is 25.7 Å². The highest BCUT2D eigenvalue weighted by Crippen LogP contribution is 2.26. The number of fused-ring (bicyclic) bond motifs is 1. The lowest BCUT2D eigenvalue weighted by molar-refractivity contribution is -0.274. The molecule has 0 aliphatic heterocycles. The maximum atomic E-state index is 13.0. The molecule has 0 amide bonds. The Kier molecular flexibility index (Phi) is 5.50. The molecule has 0 saturated carbocycles. The molecule has 0 unspecified atom stereocenters. The fourth-order valence-electron chi connectivity index (χ4n) is 3.27. The van der Waals surface area contributed by atoms with E-state index in [-0.39, 0.29) is 17.3 Å². The minimum absolute atomic E-state index is 0.293. The molecule has 0 radical (unpaired) electrons. The zero-order valence-electron chi connectivity index (χ0n) is 16.1. The topological polar surface area (TPSA) is 48.5 Å². The van der Waals surface area contributed by atoms with Crippen molar-refractivity contribution in [2.75, 3.05) is 0 Å². The minimum atomic E-state index is -4.75. The molecule has 4 rings (SSSR count). The van der Waals surface area contributed by atoms with Gasteiger partial charge in [0, 0.05) is 12.7 Å². The van der Waals surface area contributed by atoms with E-state index >= 15 is 0 Å². The second kappa shape index (κ2) is 8.25. The molecule has 0 aliphatic rings. The number of pyridine rings is 1. The molecule has 0 bridgehead atoms. The quantitative estimate of drug-likeness (QED) is 0.411. The van der Waals surface area contributed by atoms with Crippen LogP contribution in [0.3, 0.4) is 0 Å². The molecular weight excluding hydrogens is 414 g/mol. The zero-order chi connectivity index (χ0) is 22.0. The van der Waals surface area contributed by atoms with Gasteiger partial charge in [-0.15, -0.1) is 18.3 Å².